The van der Waals surface area contributed by atoms with Crippen molar-refractivity contribution in [3.8, 4) is 11.5 Å². The molecule has 0 heterocycles. The highest BCUT2D eigenvalue weighted by Gasteiger charge is 2.13. The maximum atomic E-state index is 6.18. The van der Waals surface area contributed by atoms with Crippen molar-refractivity contribution in [2.75, 3.05) is 12.4 Å². The molecule has 158 valence electrons. The predicted molar refractivity (Wildman–Crippen MR) is 133 cm³/mol. The number of ether oxygens (including phenoxy) is 2. The van der Waals surface area contributed by atoms with E-state index < -0.39 is 0 Å². The van der Waals surface area contributed by atoms with E-state index in [1.807, 2.05) is 36.4 Å². The number of hydrogen-bond donors (Lipinski definition) is 1. The Morgan fingerprint density at radius 3 is 2.52 bits per heavy atom. The third kappa shape index (κ3) is 5.09. The number of anilines is 1. The van der Waals surface area contributed by atoms with E-state index >= 15 is 0 Å². The molecule has 0 atom stereocenters. The van der Waals surface area contributed by atoms with Gasteiger partial charge in [0.2, 0.25) is 0 Å². The van der Waals surface area contributed by atoms with Gasteiger partial charge in [-0.3, -0.25) is 0 Å². The fraction of sp³-hybridized carbons (Fsp3) is 0.120. The van der Waals surface area contributed by atoms with Crippen molar-refractivity contribution in [3.05, 3.63) is 98.4 Å². The number of rotatable bonds is 7. The van der Waals surface area contributed by atoms with E-state index in [9.17, 15) is 0 Å². The maximum absolute atomic E-state index is 6.18. The number of nitrogens with one attached hydrogen (secondary N) is 1. The molecule has 4 aromatic carbocycles. The normalized spacial score (nSPS) is 10.8. The molecule has 0 aromatic heterocycles. The molecule has 0 amide bonds. The number of hydrogen-bond acceptors (Lipinski definition) is 3. The summed E-state index contributed by atoms with van der Waals surface area (Å²) in [4.78, 5) is 0. The summed E-state index contributed by atoms with van der Waals surface area (Å²) in [6, 6.07) is 24.0. The summed E-state index contributed by atoms with van der Waals surface area (Å²) >= 11 is 15.7. The number of benzene rings is 4. The van der Waals surface area contributed by atoms with Gasteiger partial charge in [-0.1, -0.05) is 65.7 Å². The first kappa shape index (κ1) is 21.8. The second kappa shape index (κ2) is 9.82. The summed E-state index contributed by atoms with van der Waals surface area (Å²) in [7, 11) is 1.64. The van der Waals surface area contributed by atoms with Crippen molar-refractivity contribution in [3.63, 3.8) is 0 Å². The molecule has 6 heteroatoms. The smallest absolute Gasteiger partial charge is 0.175 e. The monoisotopic (exact) mass is 515 g/mol. The topological polar surface area (TPSA) is 30.5 Å². The van der Waals surface area contributed by atoms with Gasteiger partial charge in [-0.05, 0) is 68.2 Å². The van der Waals surface area contributed by atoms with Crippen LogP contribution in [0.4, 0.5) is 5.69 Å². The molecule has 0 saturated heterocycles. The molecule has 0 aliphatic rings. The highest BCUT2D eigenvalue weighted by molar-refractivity contribution is 9.10. The van der Waals surface area contributed by atoms with Gasteiger partial charge in [0.15, 0.2) is 11.5 Å². The minimum atomic E-state index is 0.442. The molecule has 0 unspecified atom stereocenters. The van der Waals surface area contributed by atoms with Crippen molar-refractivity contribution in [1.29, 1.82) is 0 Å². The zero-order chi connectivity index (χ0) is 21.8. The van der Waals surface area contributed by atoms with Gasteiger partial charge >= 0.3 is 0 Å². The van der Waals surface area contributed by atoms with Gasteiger partial charge in [0, 0.05) is 12.2 Å². The van der Waals surface area contributed by atoms with Gasteiger partial charge in [-0.2, -0.15) is 0 Å². The summed E-state index contributed by atoms with van der Waals surface area (Å²) < 4.78 is 12.6. The molecule has 0 aliphatic heterocycles. The molecule has 0 fully saturated rings. The van der Waals surface area contributed by atoms with E-state index in [0.717, 1.165) is 21.3 Å². The molecule has 0 radical (unpaired) electrons. The predicted octanol–water partition coefficient (Wildman–Crippen LogP) is 8.11. The third-order valence-corrected chi connectivity index (χ3v) is 6.29. The lowest BCUT2D eigenvalue weighted by Crippen LogP contribution is -2.03. The van der Waals surface area contributed by atoms with Crippen LogP contribution < -0.4 is 14.8 Å². The van der Waals surface area contributed by atoms with Crippen LogP contribution in [0.3, 0.4) is 0 Å². The van der Waals surface area contributed by atoms with Crippen molar-refractivity contribution in [2.24, 2.45) is 0 Å². The summed E-state index contributed by atoms with van der Waals surface area (Å²) in [6.45, 7) is 1.04. The van der Waals surface area contributed by atoms with Crippen LogP contribution >= 0.6 is 39.1 Å². The Hall–Kier alpha value is -2.40. The second-order valence-electron chi connectivity index (χ2n) is 7.02. The van der Waals surface area contributed by atoms with E-state index in [2.05, 4.69) is 45.5 Å². The molecule has 3 nitrogen and oxygen atoms in total. The molecule has 31 heavy (non-hydrogen) atoms. The fourth-order valence-electron chi connectivity index (χ4n) is 3.39. The standard InChI is InChI=1S/C25H20BrCl2NO2/c1-30-24-12-16(14-29-19-9-10-22(27)23(28)13-19)11-21(26)25(24)31-15-18-7-4-6-17-5-2-3-8-20(17)18/h2-13,29H,14-15H2,1H3. The Balaban J connectivity index is 1.51. The average Bonchev–Trinajstić information content (AvgIpc) is 2.78. The maximum Gasteiger partial charge on any atom is 0.175 e. The highest BCUT2D eigenvalue weighted by atomic mass is 79.9. The van der Waals surface area contributed by atoms with Crippen LogP contribution in [-0.2, 0) is 13.2 Å². The SMILES string of the molecule is COc1cc(CNc2ccc(Cl)c(Cl)c2)cc(Br)c1OCc1cccc2ccccc12. The van der Waals surface area contributed by atoms with Gasteiger partial charge in [-0.15, -0.1) is 0 Å². The first-order valence-corrected chi connectivity index (χ1v) is 11.2. The van der Waals surface area contributed by atoms with E-state index in [1.165, 1.54) is 10.8 Å². The van der Waals surface area contributed by atoms with E-state index in [1.54, 1.807) is 19.2 Å². The van der Waals surface area contributed by atoms with Crippen molar-refractivity contribution in [1.82, 2.24) is 0 Å². The summed E-state index contributed by atoms with van der Waals surface area (Å²) in [5, 5.41) is 6.77. The molecular weight excluding hydrogens is 497 g/mol. The van der Waals surface area contributed by atoms with Gasteiger partial charge < -0.3 is 14.8 Å². The molecule has 0 saturated carbocycles. The molecule has 0 bridgehead atoms. The van der Waals surface area contributed by atoms with Crippen LogP contribution in [0.1, 0.15) is 11.1 Å². The largest absolute Gasteiger partial charge is 0.493 e. The third-order valence-electron chi connectivity index (χ3n) is 4.96. The van der Waals surface area contributed by atoms with Crippen LogP contribution in [0.2, 0.25) is 10.0 Å². The van der Waals surface area contributed by atoms with E-state index in [0.29, 0.717) is 34.7 Å². The molecule has 1 N–H and O–H groups in total. The van der Waals surface area contributed by atoms with Crippen LogP contribution in [0.15, 0.2) is 77.3 Å². The lowest BCUT2D eigenvalue weighted by molar-refractivity contribution is 0.283. The first-order chi connectivity index (χ1) is 15.0. The summed E-state index contributed by atoms with van der Waals surface area (Å²) in [5.74, 6) is 1.34. The van der Waals surface area contributed by atoms with Gasteiger partial charge in [-0.25, -0.2) is 0 Å². The second-order valence-corrected chi connectivity index (χ2v) is 8.69. The molecule has 4 rings (SSSR count). The average molecular weight is 517 g/mol. The lowest BCUT2D eigenvalue weighted by atomic mass is 10.1. The van der Waals surface area contributed by atoms with E-state index in [-0.39, 0.29) is 0 Å². The molecule has 4 aromatic rings. The van der Waals surface area contributed by atoms with Crippen LogP contribution in [0.5, 0.6) is 11.5 Å². The van der Waals surface area contributed by atoms with Gasteiger partial charge in [0.05, 0.1) is 21.6 Å². The van der Waals surface area contributed by atoms with Crippen LogP contribution in [0, 0.1) is 0 Å². The van der Waals surface area contributed by atoms with Crippen LogP contribution in [0.25, 0.3) is 10.8 Å². The van der Waals surface area contributed by atoms with Crippen LogP contribution in [-0.4, -0.2) is 7.11 Å². The number of halogens is 3. The quantitative estimate of drug-likeness (QED) is 0.269. The Kier molecular flexibility index (Phi) is 6.91. The Morgan fingerprint density at radius 2 is 1.71 bits per heavy atom. The Bertz CT molecular complexity index is 1220. The fourth-order valence-corrected chi connectivity index (χ4v) is 4.30. The van der Waals surface area contributed by atoms with Gasteiger partial charge in [0.1, 0.15) is 6.61 Å². The highest BCUT2D eigenvalue weighted by Crippen LogP contribution is 2.38. The van der Waals surface area contributed by atoms with E-state index in [4.69, 9.17) is 32.7 Å². The zero-order valence-electron chi connectivity index (χ0n) is 16.8. The first-order valence-electron chi connectivity index (χ1n) is 9.70. The summed E-state index contributed by atoms with van der Waals surface area (Å²) in [6.07, 6.45) is 0. The number of methoxy groups -OCH3 is 1. The molecule has 0 aliphatic carbocycles. The minimum Gasteiger partial charge on any atom is -0.493 e. The Labute approximate surface area is 200 Å². The minimum absolute atomic E-state index is 0.442. The van der Waals surface area contributed by atoms with Crippen molar-refractivity contribution in [2.45, 2.75) is 13.2 Å². The summed E-state index contributed by atoms with van der Waals surface area (Å²) in [5.41, 5.74) is 3.05. The van der Waals surface area contributed by atoms with Crippen molar-refractivity contribution >= 4 is 55.6 Å². The van der Waals surface area contributed by atoms with Crippen molar-refractivity contribution < 1.29 is 9.47 Å². The zero-order valence-corrected chi connectivity index (χ0v) is 19.9. The Morgan fingerprint density at radius 1 is 0.903 bits per heavy atom. The lowest BCUT2D eigenvalue weighted by Gasteiger charge is -2.16. The molecule has 0 spiro atoms. The molecular formula is C25H20BrCl2NO2. The van der Waals surface area contributed by atoms with Gasteiger partial charge in [0.25, 0.3) is 0 Å². The number of fused-ring (bicyclic) bond motifs is 1.